The SMILES string of the molecule is COc1onc(C(=O)O)c1-c1ccccc1O. The lowest BCUT2D eigenvalue weighted by molar-refractivity contribution is 0.0686. The third kappa shape index (κ3) is 1.80. The van der Waals surface area contributed by atoms with Crippen LogP contribution in [0.4, 0.5) is 0 Å². The quantitative estimate of drug-likeness (QED) is 0.841. The zero-order chi connectivity index (χ0) is 12.4. The number of aromatic nitrogens is 1. The van der Waals surface area contributed by atoms with Gasteiger partial charge in [0.2, 0.25) is 5.69 Å². The number of aromatic hydroxyl groups is 1. The lowest BCUT2D eigenvalue weighted by Crippen LogP contribution is -1.99. The highest BCUT2D eigenvalue weighted by atomic mass is 16.6. The largest absolute Gasteiger partial charge is 0.507 e. The Morgan fingerprint density at radius 3 is 2.71 bits per heavy atom. The van der Waals surface area contributed by atoms with E-state index in [-0.39, 0.29) is 23.0 Å². The molecular formula is C11H9NO5. The fraction of sp³-hybridized carbons (Fsp3) is 0.0909. The lowest BCUT2D eigenvalue weighted by Gasteiger charge is -2.03. The first-order chi connectivity index (χ1) is 8.15. The van der Waals surface area contributed by atoms with Crippen LogP contribution in [0.3, 0.4) is 0 Å². The number of phenolic OH excluding ortho intramolecular Hbond substituents is 1. The monoisotopic (exact) mass is 235 g/mol. The molecule has 1 aromatic heterocycles. The number of hydrogen-bond donors (Lipinski definition) is 2. The summed E-state index contributed by atoms with van der Waals surface area (Å²) >= 11 is 0. The Balaban J connectivity index is 2.69. The predicted octanol–water partition coefficient (Wildman–Crippen LogP) is 1.75. The van der Waals surface area contributed by atoms with Crippen molar-refractivity contribution < 1.29 is 24.3 Å². The molecule has 0 amide bonds. The van der Waals surface area contributed by atoms with Gasteiger partial charge in [0.25, 0.3) is 0 Å². The molecule has 6 nitrogen and oxygen atoms in total. The number of ether oxygens (including phenoxy) is 1. The number of carboxylic acid groups (broad SMARTS) is 1. The van der Waals surface area contributed by atoms with E-state index in [0.29, 0.717) is 5.56 Å². The molecule has 0 saturated heterocycles. The minimum atomic E-state index is -1.25. The molecule has 1 aromatic carbocycles. The number of hydrogen-bond acceptors (Lipinski definition) is 5. The van der Waals surface area contributed by atoms with Gasteiger partial charge in [-0.25, -0.2) is 4.79 Å². The second-order valence-electron chi connectivity index (χ2n) is 3.22. The van der Waals surface area contributed by atoms with Crippen LogP contribution in [0.15, 0.2) is 28.8 Å². The second kappa shape index (κ2) is 4.17. The van der Waals surface area contributed by atoms with Gasteiger partial charge in [-0.3, -0.25) is 0 Å². The molecule has 6 heteroatoms. The fourth-order valence-electron chi connectivity index (χ4n) is 1.48. The first-order valence-corrected chi connectivity index (χ1v) is 4.70. The van der Waals surface area contributed by atoms with Crippen molar-refractivity contribution in [3.05, 3.63) is 30.0 Å². The van der Waals surface area contributed by atoms with Gasteiger partial charge in [0, 0.05) is 5.56 Å². The topological polar surface area (TPSA) is 92.8 Å². The number of benzene rings is 1. The van der Waals surface area contributed by atoms with Gasteiger partial charge in [0.1, 0.15) is 11.3 Å². The van der Waals surface area contributed by atoms with Crippen LogP contribution < -0.4 is 4.74 Å². The highest BCUT2D eigenvalue weighted by Crippen LogP contribution is 2.38. The van der Waals surface area contributed by atoms with Crippen LogP contribution in [-0.2, 0) is 0 Å². The van der Waals surface area contributed by atoms with Gasteiger partial charge in [0.05, 0.1) is 7.11 Å². The van der Waals surface area contributed by atoms with E-state index in [2.05, 4.69) is 5.16 Å². The number of carboxylic acids is 1. The number of para-hydroxylation sites is 1. The van der Waals surface area contributed by atoms with Crippen LogP contribution in [0.25, 0.3) is 11.1 Å². The molecule has 0 unspecified atom stereocenters. The van der Waals surface area contributed by atoms with Crippen molar-refractivity contribution in [1.29, 1.82) is 0 Å². The molecule has 0 aliphatic carbocycles. The number of carbonyl (C=O) groups is 1. The number of rotatable bonds is 3. The zero-order valence-electron chi connectivity index (χ0n) is 8.88. The minimum Gasteiger partial charge on any atom is -0.507 e. The average Bonchev–Trinajstić information content (AvgIpc) is 2.73. The predicted molar refractivity (Wildman–Crippen MR) is 57.1 cm³/mol. The van der Waals surface area contributed by atoms with Crippen LogP contribution in [0.2, 0.25) is 0 Å². The van der Waals surface area contributed by atoms with Crippen LogP contribution in [0.5, 0.6) is 11.7 Å². The Hall–Kier alpha value is -2.50. The summed E-state index contributed by atoms with van der Waals surface area (Å²) in [5, 5.41) is 22.1. The van der Waals surface area contributed by atoms with Gasteiger partial charge in [-0.05, 0) is 6.07 Å². The molecule has 17 heavy (non-hydrogen) atoms. The van der Waals surface area contributed by atoms with Gasteiger partial charge in [-0.1, -0.05) is 23.4 Å². The van der Waals surface area contributed by atoms with E-state index in [9.17, 15) is 9.90 Å². The van der Waals surface area contributed by atoms with E-state index >= 15 is 0 Å². The van der Waals surface area contributed by atoms with Crippen molar-refractivity contribution in [2.24, 2.45) is 0 Å². The highest BCUT2D eigenvalue weighted by Gasteiger charge is 2.25. The third-order valence-corrected chi connectivity index (χ3v) is 2.22. The summed E-state index contributed by atoms with van der Waals surface area (Å²) in [7, 11) is 1.33. The molecule has 0 bridgehead atoms. The van der Waals surface area contributed by atoms with Crippen molar-refractivity contribution in [2.75, 3.05) is 7.11 Å². The van der Waals surface area contributed by atoms with Gasteiger partial charge >= 0.3 is 11.9 Å². The summed E-state index contributed by atoms with van der Waals surface area (Å²) in [4.78, 5) is 11.0. The molecule has 0 atom stereocenters. The Morgan fingerprint density at radius 1 is 1.41 bits per heavy atom. The van der Waals surface area contributed by atoms with E-state index < -0.39 is 5.97 Å². The number of nitrogens with zero attached hydrogens (tertiary/aromatic N) is 1. The second-order valence-corrected chi connectivity index (χ2v) is 3.22. The molecule has 0 radical (unpaired) electrons. The third-order valence-electron chi connectivity index (χ3n) is 2.22. The first kappa shape index (κ1) is 11.0. The Bertz CT molecular complexity index is 561. The van der Waals surface area contributed by atoms with Gasteiger partial charge in [0.15, 0.2) is 0 Å². The Labute approximate surface area is 96.0 Å². The van der Waals surface area contributed by atoms with Crippen molar-refractivity contribution in [3.8, 4) is 22.8 Å². The summed E-state index contributed by atoms with van der Waals surface area (Å²) in [5.41, 5.74) is 0.115. The summed E-state index contributed by atoms with van der Waals surface area (Å²) in [5.74, 6) is -1.38. The van der Waals surface area contributed by atoms with E-state index in [1.807, 2.05) is 0 Å². The molecular weight excluding hydrogens is 226 g/mol. The minimum absolute atomic E-state index is 0.0519. The summed E-state index contributed by atoms with van der Waals surface area (Å²) in [6.45, 7) is 0. The molecule has 0 saturated carbocycles. The summed E-state index contributed by atoms with van der Waals surface area (Å²) in [6, 6.07) is 6.27. The van der Waals surface area contributed by atoms with Crippen molar-refractivity contribution in [3.63, 3.8) is 0 Å². The maximum Gasteiger partial charge on any atom is 0.358 e. The fourth-order valence-corrected chi connectivity index (χ4v) is 1.48. The van der Waals surface area contributed by atoms with Gasteiger partial charge < -0.3 is 19.5 Å². The molecule has 0 aliphatic rings. The smallest absolute Gasteiger partial charge is 0.358 e. The molecule has 88 valence electrons. The van der Waals surface area contributed by atoms with Crippen LogP contribution in [-0.4, -0.2) is 28.4 Å². The van der Waals surface area contributed by atoms with E-state index in [4.69, 9.17) is 14.4 Å². The highest BCUT2D eigenvalue weighted by molar-refractivity contribution is 5.96. The number of aromatic carboxylic acids is 1. The number of phenols is 1. The molecule has 0 aliphatic heterocycles. The van der Waals surface area contributed by atoms with Crippen LogP contribution >= 0.6 is 0 Å². The molecule has 0 spiro atoms. The standard InChI is InChI=1S/C11H9NO5/c1-16-11-8(9(10(14)15)12-17-11)6-4-2-3-5-7(6)13/h2-5,13H,1H3,(H,14,15). The van der Waals surface area contributed by atoms with E-state index in [1.165, 1.54) is 13.2 Å². The summed E-state index contributed by atoms with van der Waals surface area (Å²) < 4.78 is 9.63. The average molecular weight is 235 g/mol. The van der Waals surface area contributed by atoms with Gasteiger partial charge in [-0.15, -0.1) is 0 Å². The summed E-state index contributed by atoms with van der Waals surface area (Å²) in [6.07, 6.45) is 0. The van der Waals surface area contributed by atoms with E-state index in [1.54, 1.807) is 18.2 Å². The van der Waals surface area contributed by atoms with Crippen molar-refractivity contribution in [2.45, 2.75) is 0 Å². The Morgan fingerprint density at radius 2 is 2.12 bits per heavy atom. The molecule has 2 rings (SSSR count). The maximum absolute atomic E-state index is 11.0. The zero-order valence-corrected chi connectivity index (χ0v) is 8.88. The normalized spacial score (nSPS) is 10.2. The van der Waals surface area contributed by atoms with Crippen molar-refractivity contribution >= 4 is 5.97 Å². The van der Waals surface area contributed by atoms with Crippen LogP contribution in [0, 0.1) is 0 Å². The maximum atomic E-state index is 11.0. The molecule has 1 heterocycles. The Kier molecular flexibility index (Phi) is 2.70. The van der Waals surface area contributed by atoms with Gasteiger partial charge in [-0.2, -0.15) is 0 Å². The molecule has 0 fully saturated rings. The van der Waals surface area contributed by atoms with E-state index in [0.717, 1.165) is 0 Å². The molecule has 2 aromatic rings. The molecule has 2 N–H and O–H groups in total. The van der Waals surface area contributed by atoms with Crippen molar-refractivity contribution in [1.82, 2.24) is 5.16 Å². The lowest BCUT2D eigenvalue weighted by atomic mass is 10.1. The number of methoxy groups -OCH3 is 1. The van der Waals surface area contributed by atoms with Crippen LogP contribution in [0.1, 0.15) is 10.5 Å². The first-order valence-electron chi connectivity index (χ1n) is 4.70.